The van der Waals surface area contributed by atoms with Crippen molar-refractivity contribution in [2.24, 2.45) is 0 Å². The predicted molar refractivity (Wildman–Crippen MR) is 66.2 cm³/mol. The highest BCUT2D eigenvalue weighted by Crippen LogP contribution is 2.08. The van der Waals surface area contributed by atoms with Gasteiger partial charge in [0.15, 0.2) is 0 Å². The molecule has 0 radical (unpaired) electrons. The molecule has 0 bridgehead atoms. The molecule has 0 heterocycles. The van der Waals surface area contributed by atoms with E-state index in [9.17, 15) is 13.6 Å². The maximum atomic E-state index is 12.9. The second-order valence-electron chi connectivity index (χ2n) is 4.44. The van der Waals surface area contributed by atoms with Crippen LogP contribution in [0.2, 0.25) is 0 Å². The Morgan fingerprint density at radius 3 is 2.33 bits per heavy atom. The zero-order chi connectivity index (χ0) is 13.7. The summed E-state index contributed by atoms with van der Waals surface area (Å²) in [6.45, 7) is 2.25. The highest BCUT2D eigenvalue weighted by atomic mass is 19.1. The highest BCUT2D eigenvalue weighted by molar-refractivity contribution is 5.80. The molecule has 5 heteroatoms. The third kappa shape index (κ3) is 4.41. The van der Waals surface area contributed by atoms with Crippen molar-refractivity contribution in [1.29, 1.82) is 0 Å². The molecule has 1 rings (SSSR count). The van der Waals surface area contributed by atoms with E-state index < -0.39 is 11.6 Å². The van der Waals surface area contributed by atoms with E-state index in [1.807, 2.05) is 0 Å². The number of nitrogens with zero attached hydrogens (tertiary/aromatic N) is 1. The molecule has 1 amide bonds. The van der Waals surface area contributed by atoms with Gasteiger partial charge in [-0.15, -0.1) is 0 Å². The second-order valence-corrected chi connectivity index (χ2v) is 4.44. The number of carbonyl (C=O) groups excluding carboxylic acids is 1. The fraction of sp³-hybridized carbons (Fsp3) is 0.462. The first-order chi connectivity index (χ1) is 8.40. The lowest BCUT2D eigenvalue weighted by Crippen LogP contribution is -2.42. The van der Waals surface area contributed by atoms with Gasteiger partial charge < -0.3 is 10.2 Å². The maximum Gasteiger partial charge on any atom is 0.238 e. The van der Waals surface area contributed by atoms with Crippen LogP contribution >= 0.6 is 0 Å². The van der Waals surface area contributed by atoms with Gasteiger partial charge in [-0.2, -0.15) is 0 Å². The van der Waals surface area contributed by atoms with Crippen LogP contribution in [0.3, 0.4) is 0 Å². The molecule has 1 aromatic rings. The van der Waals surface area contributed by atoms with Crippen LogP contribution in [0.1, 0.15) is 12.5 Å². The average Bonchev–Trinajstić information content (AvgIpc) is 2.26. The SMILES string of the molecule is CC(NCCc1cc(F)cc(F)c1)C(=O)N(C)C. The number of hydrogen-bond donors (Lipinski definition) is 1. The average molecular weight is 256 g/mol. The summed E-state index contributed by atoms with van der Waals surface area (Å²) < 4.78 is 25.9. The first kappa shape index (κ1) is 14.6. The number of amides is 1. The number of likely N-dealkylation sites (N-methyl/N-ethyl adjacent to an activating group) is 1. The van der Waals surface area contributed by atoms with Crippen LogP contribution in [-0.2, 0) is 11.2 Å². The Labute approximate surface area is 106 Å². The van der Waals surface area contributed by atoms with Crippen LogP contribution in [0.4, 0.5) is 8.78 Å². The first-order valence-corrected chi connectivity index (χ1v) is 5.79. The van der Waals surface area contributed by atoms with Gasteiger partial charge in [0, 0.05) is 20.2 Å². The Bertz CT molecular complexity index is 401. The third-order valence-corrected chi connectivity index (χ3v) is 2.60. The van der Waals surface area contributed by atoms with E-state index in [4.69, 9.17) is 0 Å². The normalized spacial score (nSPS) is 12.3. The minimum atomic E-state index is -0.581. The maximum absolute atomic E-state index is 12.9. The molecule has 0 saturated carbocycles. The van der Waals surface area contributed by atoms with Crippen LogP contribution < -0.4 is 5.32 Å². The molecule has 1 atom stereocenters. The van der Waals surface area contributed by atoms with Crippen molar-refractivity contribution in [2.45, 2.75) is 19.4 Å². The Morgan fingerprint density at radius 1 is 1.28 bits per heavy atom. The number of nitrogens with one attached hydrogen (secondary N) is 1. The van der Waals surface area contributed by atoms with Crippen molar-refractivity contribution in [1.82, 2.24) is 10.2 Å². The number of halogens is 2. The molecule has 0 aromatic heterocycles. The van der Waals surface area contributed by atoms with E-state index in [-0.39, 0.29) is 11.9 Å². The molecule has 0 aliphatic carbocycles. The lowest BCUT2D eigenvalue weighted by Gasteiger charge is -2.17. The van der Waals surface area contributed by atoms with Gasteiger partial charge in [-0.3, -0.25) is 4.79 Å². The smallest absolute Gasteiger partial charge is 0.238 e. The van der Waals surface area contributed by atoms with Crippen molar-refractivity contribution in [3.63, 3.8) is 0 Å². The topological polar surface area (TPSA) is 32.3 Å². The van der Waals surface area contributed by atoms with Crippen molar-refractivity contribution in [2.75, 3.05) is 20.6 Å². The summed E-state index contributed by atoms with van der Waals surface area (Å²) in [4.78, 5) is 13.0. The number of carbonyl (C=O) groups is 1. The molecule has 0 aliphatic heterocycles. The molecule has 100 valence electrons. The summed E-state index contributed by atoms with van der Waals surface area (Å²) in [5, 5.41) is 3.02. The summed E-state index contributed by atoms with van der Waals surface area (Å²) >= 11 is 0. The Balaban J connectivity index is 2.44. The Hall–Kier alpha value is -1.49. The molecule has 18 heavy (non-hydrogen) atoms. The van der Waals surface area contributed by atoms with Gasteiger partial charge in [0.1, 0.15) is 11.6 Å². The van der Waals surface area contributed by atoms with Gasteiger partial charge in [-0.1, -0.05) is 0 Å². The molecular weight excluding hydrogens is 238 g/mol. The van der Waals surface area contributed by atoms with E-state index in [1.54, 1.807) is 21.0 Å². The summed E-state index contributed by atoms with van der Waals surface area (Å²) in [6.07, 6.45) is 0.472. The van der Waals surface area contributed by atoms with Gasteiger partial charge in [0.25, 0.3) is 0 Å². The van der Waals surface area contributed by atoms with Gasteiger partial charge in [-0.25, -0.2) is 8.78 Å². The van der Waals surface area contributed by atoms with Crippen LogP contribution in [0.15, 0.2) is 18.2 Å². The predicted octanol–water partition coefficient (Wildman–Crippen LogP) is 1.57. The molecule has 1 unspecified atom stereocenters. The van der Waals surface area contributed by atoms with Gasteiger partial charge in [0.05, 0.1) is 6.04 Å². The van der Waals surface area contributed by atoms with Crippen molar-refractivity contribution >= 4 is 5.91 Å². The van der Waals surface area contributed by atoms with Gasteiger partial charge in [0.2, 0.25) is 5.91 Å². The van der Waals surface area contributed by atoms with Crippen LogP contribution in [0.25, 0.3) is 0 Å². The minimum absolute atomic E-state index is 0.0274. The van der Waals surface area contributed by atoms with E-state index in [1.165, 1.54) is 17.0 Å². The molecule has 1 N–H and O–H groups in total. The Morgan fingerprint density at radius 2 is 1.83 bits per heavy atom. The summed E-state index contributed by atoms with van der Waals surface area (Å²) in [6, 6.07) is 3.13. The highest BCUT2D eigenvalue weighted by Gasteiger charge is 2.13. The van der Waals surface area contributed by atoms with Crippen molar-refractivity contribution in [3.05, 3.63) is 35.4 Å². The van der Waals surface area contributed by atoms with Gasteiger partial charge >= 0.3 is 0 Å². The second kappa shape index (κ2) is 6.44. The van der Waals surface area contributed by atoms with E-state index in [0.717, 1.165) is 6.07 Å². The molecule has 1 aromatic carbocycles. The van der Waals surface area contributed by atoms with Crippen LogP contribution in [0.5, 0.6) is 0 Å². The quantitative estimate of drug-likeness (QED) is 0.867. The standard InChI is InChI=1S/C13H18F2N2O/c1-9(13(18)17(2)3)16-5-4-10-6-11(14)8-12(15)7-10/h6-9,16H,4-5H2,1-3H3. The number of benzene rings is 1. The zero-order valence-electron chi connectivity index (χ0n) is 10.8. The lowest BCUT2D eigenvalue weighted by atomic mass is 10.1. The lowest BCUT2D eigenvalue weighted by molar-refractivity contribution is -0.130. The number of rotatable bonds is 5. The molecule has 0 spiro atoms. The van der Waals surface area contributed by atoms with Gasteiger partial charge in [-0.05, 0) is 37.6 Å². The summed E-state index contributed by atoms with van der Waals surface area (Å²) in [5.74, 6) is -1.19. The fourth-order valence-electron chi connectivity index (χ4n) is 1.66. The van der Waals surface area contributed by atoms with Crippen LogP contribution in [-0.4, -0.2) is 37.5 Å². The molecule has 0 fully saturated rings. The van der Waals surface area contributed by atoms with E-state index in [2.05, 4.69) is 5.32 Å². The van der Waals surface area contributed by atoms with Crippen molar-refractivity contribution in [3.8, 4) is 0 Å². The first-order valence-electron chi connectivity index (χ1n) is 5.79. The Kier molecular flexibility index (Phi) is 5.22. The zero-order valence-corrected chi connectivity index (χ0v) is 10.8. The monoisotopic (exact) mass is 256 g/mol. The minimum Gasteiger partial charge on any atom is -0.347 e. The molecule has 0 saturated heterocycles. The van der Waals surface area contributed by atoms with Crippen LogP contribution in [0, 0.1) is 11.6 Å². The van der Waals surface area contributed by atoms with Crippen molar-refractivity contribution < 1.29 is 13.6 Å². The number of hydrogen-bond acceptors (Lipinski definition) is 2. The molecule has 0 aliphatic rings. The fourth-order valence-corrected chi connectivity index (χ4v) is 1.66. The third-order valence-electron chi connectivity index (χ3n) is 2.60. The molecular formula is C13H18F2N2O. The largest absolute Gasteiger partial charge is 0.347 e. The molecule has 3 nitrogen and oxygen atoms in total. The van der Waals surface area contributed by atoms with E-state index in [0.29, 0.717) is 18.5 Å². The summed E-state index contributed by atoms with van der Waals surface area (Å²) in [7, 11) is 3.37. The van der Waals surface area contributed by atoms with E-state index >= 15 is 0 Å². The summed E-state index contributed by atoms with van der Waals surface area (Å²) in [5.41, 5.74) is 0.574.